The van der Waals surface area contributed by atoms with Crippen molar-refractivity contribution in [3.63, 3.8) is 0 Å². The van der Waals surface area contributed by atoms with Crippen molar-refractivity contribution in [1.29, 1.82) is 0 Å². The molecule has 1 aromatic carbocycles. The van der Waals surface area contributed by atoms with Crippen LogP contribution in [-0.2, 0) is 12.0 Å². The van der Waals surface area contributed by atoms with Crippen molar-refractivity contribution >= 4 is 21.4 Å². The van der Waals surface area contributed by atoms with Crippen LogP contribution in [-0.4, -0.2) is 16.7 Å². The van der Waals surface area contributed by atoms with Gasteiger partial charge in [0.1, 0.15) is 0 Å². The highest BCUT2D eigenvalue weighted by Gasteiger charge is 2.26. The molecular weight excluding hydrogens is 282 g/mol. The third-order valence-electron chi connectivity index (χ3n) is 3.52. The first-order valence-electron chi connectivity index (χ1n) is 7.02. The fraction of sp³-hybridized carbons (Fsp3) is 0.375. The number of thiophene rings is 1. The molecule has 0 bridgehead atoms. The predicted molar refractivity (Wildman–Crippen MR) is 85.6 cm³/mol. The Kier molecular flexibility index (Phi) is 3.78. The van der Waals surface area contributed by atoms with Gasteiger partial charge in [0.15, 0.2) is 5.82 Å². The van der Waals surface area contributed by atoms with Crippen LogP contribution in [0.3, 0.4) is 0 Å². The average molecular weight is 301 g/mol. The van der Waals surface area contributed by atoms with E-state index >= 15 is 0 Å². The molecule has 0 fully saturated rings. The maximum atomic E-state index is 5.28. The second kappa shape index (κ2) is 5.58. The van der Waals surface area contributed by atoms with E-state index in [2.05, 4.69) is 59.0 Å². The first kappa shape index (κ1) is 14.2. The summed E-state index contributed by atoms with van der Waals surface area (Å²) in [6.45, 7) is 7.68. The molecule has 2 aromatic heterocycles. The molecule has 1 N–H and O–H groups in total. The molecule has 3 aromatic rings. The smallest absolute Gasteiger partial charge is 0.233 e. The summed E-state index contributed by atoms with van der Waals surface area (Å²) in [5.41, 5.74) is 1.12. The molecule has 4 nitrogen and oxygen atoms in total. The second-order valence-corrected chi connectivity index (χ2v) is 6.87. The number of aryl methyl sites for hydroxylation is 1. The standard InChI is InChI=1S/C16H19N3OS/c1-11-18-15(20-19-11)16(2,3)10-17-9-12-4-5-14-13(8-12)6-7-21-14/h4-8,17H,9-10H2,1-3H3. The maximum absolute atomic E-state index is 5.28. The highest BCUT2D eigenvalue weighted by Crippen LogP contribution is 2.23. The molecule has 0 unspecified atom stereocenters. The highest BCUT2D eigenvalue weighted by molar-refractivity contribution is 7.17. The SMILES string of the molecule is Cc1noc(C(C)(C)CNCc2ccc3sccc3c2)n1. The van der Waals surface area contributed by atoms with Crippen molar-refractivity contribution in [3.8, 4) is 0 Å². The van der Waals surface area contributed by atoms with Crippen molar-refractivity contribution in [3.05, 3.63) is 46.9 Å². The zero-order valence-corrected chi connectivity index (χ0v) is 13.3. The molecular formula is C16H19N3OS. The van der Waals surface area contributed by atoms with Gasteiger partial charge in [-0.1, -0.05) is 11.2 Å². The third kappa shape index (κ3) is 3.14. The molecule has 0 atom stereocenters. The lowest BCUT2D eigenvalue weighted by atomic mass is 9.93. The van der Waals surface area contributed by atoms with Gasteiger partial charge >= 0.3 is 0 Å². The molecule has 0 aliphatic heterocycles. The number of aromatic nitrogens is 2. The van der Waals surface area contributed by atoms with Crippen molar-refractivity contribution in [2.45, 2.75) is 32.7 Å². The number of hydrogen-bond donors (Lipinski definition) is 1. The summed E-state index contributed by atoms with van der Waals surface area (Å²) in [4.78, 5) is 4.33. The van der Waals surface area contributed by atoms with Gasteiger partial charge in [0.05, 0.1) is 5.41 Å². The number of nitrogens with one attached hydrogen (secondary N) is 1. The molecule has 2 heterocycles. The summed E-state index contributed by atoms with van der Waals surface area (Å²) in [5, 5.41) is 10.8. The summed E-state index contributed by atoms with van der Waals surface area (Å²) >= 11 is 1.78. The Balaban J connectivity index is 1.62. The van der Waals surface area contributed by atoms with E-state index in [-0.39, 0.29) is 5.41 Å². The van der Waals surface area contributed by atoms with E-state index < -0.39 is 0 Å². The Hall–Kier alpha value is -1.72. The number of nitrogens with zero attached hydrogens (tertiary/aromatic N) is 2. The van der Waals surface area contributed by atoms with Crippen LogP contribution in [0.4, 0.5) is 0 Å². The minimum atomic E-state index is -0.173. The van der Waals surface area contributed by atoms with Gasteiger partial charge in [-0.05, 0) is 55.3 Å². The molecule has 0 saturated carbocycles. The Morgan fingerprint density at radius 2 is 2.14 bits per heavy atom. The molecule has 0 spiro atoms. The number of rotatable bonds is 5. The normalized spacial score (nSPS) is 12.1. The van der Waals surface area contributed by atoms with Crippen molar-refractivity contribution in [2.24, 2.45) is 0 Å². The molecule has 110 valence electrons. The van der Waals surface area contributed by atoms with E-state index in [9.17, 15) is 0 Å². The van der Waals surface area contributed by atoms with Gasteiger partial charge in [0.25, 0.3) is 0 Å². The summed E-state index contributed by atoms with van der Waals surface area (Å²) in [6, 6.07) is 8.76. The Labute approximate surface area is 128 Å². The molecule has 5 heteroatoms. The molecule has 0 aliphatic carbocycles. The van der Waals surface area contributed by atoms with Gasteiger partial charge < -0.3 is 9.84 Å². The first-order chi connectivity index (χ1) is 10.0. The largest absolute Gasteiger partial charge is 0.339 e. The minimum absolute atomic E-state index is 0.173. The Morgan fingerprint density at radius 3 is 2.90 bits per heavy atom. The Bertz CT molecular complexity index is 745. The van der Waals surface area contributed by atoms with E-state index in [0.29, 0.717) is 11.7 Å². The molecule has 3 rings (SSSR count). The van der Waals surface area contributed by atoms with E-state index in [0.717, 1.165) is 13.1 Å². The van der Waals surface area contributed by atoms with Gasteiger partial charge in [-0.3, -0.25) is 0 Å². The summed E-state index contributed by atoms with van der Waals surface area (Å²) < 4.78 is 6.61. The second-order valence-electron chi connectivity index (χ2n) is 5.93. The van der Waals surface area contributed by atoms with Gasteiger partial charge in [-0.15, -0.1) is 11.3 Å². The van der Waals surface area contributed by atoms with Crippen LogP contribution in [0.5, 0.6) is 0 Å². The van der Waals surface area contributed by atoms with Gasteiger partial charge in [0, 0.05) is 17.8 Å². The zero-order chi connectivity index (χ0) is 14.9. The lowest BCUT2D eigenvalue weighted by Crippen LogP contribution is -2.33. The van der Waals surface area contributed by atoms with Crippen molar-refractivity contribution in [2.75, 3.05) is 6.54 Å². The van der Waals surface area contributed by atoms with Gasteiger partial charge in [-0.2, -0.15) is 4.98 Å². The van der Waals surface area contributed by atoms with Crippen LogP contribution >= 0.6 is 11.3 Å². The van der Waals surface area contributed by atoms with Crippen LogP contribution in [0.2, 0.25) is 0 Å². The van der Waals surface area contributed by atoms with Crippen molar-refractivity contribution < 1.29 is 4.52 Å². The molecule has 0 aliphatic rings. The molecule has 0 saturated heterocycles. The number of fused-ring (bicyclic) bond motifs is 1. The molecule has 21 heavy (non-hydrogen) atoms. The summed E-state index contributed by atoms with van der Waals surface area (Å²) in [5.74, 6) is 1.36. The topological polar surface area (TPSA) is 51.0 Å². The van der Waals surface area contributed by atoms with E-state index in [1.807, 2.05) is 6.92 Å². The maximum Gasteiger partial charge on any atom is 0.233 e. The zero-order valence-electron chi connectivity index (χ0n) is 12.5. The van der Waals surface area contributed by atoms with Crippen LogP contribution in [0.25, 0.3) is 10.1 Å². The lowest BCUT2D eigenvalue weighted by Gasteiger charge is -2.20. The monoisotopic (exact) mass is 301 g/mol. The van der Waals surface area contributed by atoms with Crippen LogP contribution in [0.15, 0.2) is 34.2 Å². The molecule has 0 amide bonds. The van der Waals surface area contributed by atoms with Crippen molar-refractivity contribution in [1.82, 2.24) is 15.5 Å². The summed E-state index contributed by atoms with van der Waals surface area (Å²) in [6.07, 6.45) is 0. The molecule has 0 radical (unpaired) electrons. The van der Waals surface area contributed by atoms with Gasteiger partial charge in [0.2, 0.25) is 5.89 Å². The van der Waals surface area contributed by atoms with E-state index in [1.54, 1.807) is 11.3 Å². The highest BCUT2D eigenvalue weighted by atomic mass is 32.1. The van der Waals surface area contributed by atoms with Crippen LogP contribution in [0.1, 0.15) is 31.1 Å². The third-order valence-corrected chi connectivity index (χ3v) is 4.42. The first-order valence-corrected chi connectivity index (χ1v) is 7.90. The predicted octanol–water partition coefficient (Wildman–Crippen LogP) is 3.66. The number of hydrogen-bond acceptors (Lipinski definition) is 5. The Morgan fingerprint density at radius 1 is 1.29 bits per heavy atom. The van der Waals surface area contributed by atoms with Crippen LogP contribution < -0.4 is 5.32 Å². The average Bonchev–Trinajstić information content (AvgIpc) is 3.06. The quantitative estimate of drug-likeness (QED) is 0.781. The minimum Gasteiger partial charge on any atom is -0.339 e. The van der Waals surface area contributed by atoms with Crippen LogP contribution in [0, 0.1) is 6.92 Å². The fourth-order valence-corrected chi connectivity index (χ4v) is 3.06. The van der Waals surface area contributed by atoms with Gasteiger partial charge in [-0.25, -0.2) is 0 Å². The van der Waals surface area contributed by atoms with E-state index in [4.69, 9.17) is 4.52 Å². The number of benzene rings is 1. The summed E-state index contributed by atoms with van der Waals surface area (Å²) in [7, 11) is 0. The van der Waals surface area contributed by atoms with E-state index in [1.165, 1.54) is 15.6 Å². The lowest BCUT2D eigenvalue weighted by molar-refractivity contribution is 0.297. The fourth-order valence-electron chi connectivity index (χ4n) is 2.29.